The van der Waals surface area contributed by atoms with E-state index in [4.69, 9.17) is 4.42 Å². The highest BCUT2D eigenvalue weighted by Crippen LogP contribution is 2.31. The van der Waals surface area contributed by atoms with E-state index in [0.717, 1.165) is 0 Å². The summed E-state index contributed by atoms with van der Waals surface area (Å²) in [6.45, 7) is 0.622. The molecule has 0 saturated carbocycles. The minimum absolute atomic E-state index is 0.177. The number of aromatic amines is 1. The van der Waals surface area contributed by atoms with Crippen LogP contribution in [0.15, 0.2) is 27.4 Å². The number of furan rings is 1. The maximum atomic E-state index is 12.2. The van der Waals surface area contributed by atoms with Crippen LogP contribution >= 0.6 is 15.9 Å². The second-order valence-electron chi connectivity index (χ2n) is 4.47. The number of amides is 1. The topological polar surface area (TPSA) is 95.3 Å². The number of rotatable bonds is 2. The molecule has 0 radical (unpaired) electrons. The molecule has 0 aliphatic carbocycles. The van der Waals surface area contributed by atoms with E-state index >= 15 is 0 Å². The van der Waals surface area contributed by atoms with Gasteiger partial charge in [0, 0.05) is 13.0 Å². The van der Waals surface area contributed by atoms with Crippen LogP contribution in [0.1, 0.15) is 22.7 Å². The molecule has 0 spiro atoms. The third-order valence-corrected chi connectivity index (χ3v) is 3.64. The van der Waals surface area contributed by atoms with Crippen molar-refractivity contribution in [2.75, 3.05) is 13.1 Å². The number of hydrogen-bond donors (Lipinski definition) is 2. The molecule has 2 N–H and O–H groups in total. The van der Waals surface area contributed by atoms with Gasteiger partial charge in [0.15, 0.2) is 10.4 Å². The number of β-amino-alcohol motifs (C(OH)–C–C–N with tert-alkyl or cyclic N) is 1. The summed E-state index contributed by atoms with van der Waals surface area (Å²) < 4.78 is 5.73. The fourth-order valence-electron chi connectivity index (χ4n) is 2.19. The average Bonchev–Trinajstić information content (AvgIpc) is 3.07. The molecule has 19 heavy (non-hydrogen) atoms. The SMILES string of the molecule is O=C(c1ccc(Br)o1)N1CCC(O)(c2cn[nH]n2)C1. The van der Waals surface area contributed by atoms with Crippen LogP contribution in [-0.4, -0.2) is 44.4 Å². The zero-order valence-electron chi connectivity index (χ0n) is 9.84. The lowest BCUT2D eigenvalue weighted by Gasteiger charge is -2.20. The van der Waals surface area contributed by atoms with Crippen molar-refractivity contribution in [2.45, 2.75) is 12.0 Å². The van der Waals surface area contributed by atoms with Crippen molar-refractivity contribution >= 4 is 21.8 Å². The molecule has 1 saturated heterocycles. The molecule has 3 rings (SSSR count). The molecule has 2 aromatic heterocycles. The molecule has 100 valence electrons. The molecular formula is C11H11BrN4O3. The molecule has 1 atom stereocenters. The standard InChI is InChI=1S/C11H11BrN4O3/c12-9-2-1-7(19-9)10(17)16-4-3-11(18,6-16)8-5-13-15-14-8/h1-2,5,18H,3-4,6H2,(H,13,14,15). The molecule has 1 unspecified atom stereocenters. The van der Waals surface area contributed by atoms with Crippen LogP contribution in [0, 0.1) is 0 Å². The Morgan fingerprint density at radius 1 is 1.58 bits per heavy atom. The first-order chi connectivity index (χ1) is 9.08. The molecular weight excluding hydrogens is 316 g/mol. The Hall–Kier alpha value is -1.67. The van der Waals surface area contributed by atoms with Gasteiger partial charge in [-0.3, -0.25) is 4.79 Å². The van der Waals surface area contributed by atoms with Crippen molar-refractivity contribution in [3.8, 4) is 0 Å². The Kier molecular flexibility index (Phi) is 2.90. The highest BCUT2D eigenvalue weighted by molar-refractivity contribution is 9.10. The summed E-state index contributed by atoms with van der Waals surface area (Å²) in [6.07, 6.45) is 1.89. The van der Waals surface area contributed by atoms with Gasteiger partial charge >= 0.3 is 0 Å². The van der Waals surface area contributed by atoms with Crippen molar-refractivity contribution in [3.63, 3.8) is 0 Å². The van der Waals surface area contributed by atoms with Gasteiger partial charge in [-0.1, -0.05) is 0 Å². The van der Waals surface area contributed by atoms with Crippen molar-refractivity contribution in [1.82, 2.24) is 20.3 Å². The molecule has 1 amide bonds. The number of hydrogen-bond acceptors (Lipinski definition) is 5. The average molecular weight is 327 g/mol. The number of carbonyl (C=O) groups excluding carboxylic acids is 1. The van der Waals surface area contributed by atoms with Gasteiger partial charge in [0.05, 0.1) is 12.7 Å². The highest BCUT2D eigenvalue weighted by atomic mass is 79.9. The molecule has 7 nitrogen and oxygen atoms in total. The Labute approximate surface area is 116 Å². The summed E-state index contributed by atoms with van der Waals surface area (Å²) in [6, 6.07) is 3.26. The Balaban J connectivity index is 1.77. The molecule has 1 fully saturated rings. The van der Waals surface area contributed by atoms with Crippen molar-refractivity contribution in [3.05, 3.63) is 34.5 Å². The van der Waals surface area contributed by atoms with Crippen LogP contribution < -0.4 is 0 Å². The maximum absolute atomic E-state index is 12.2. The third kappa shape index (κ3) is 2.17. The number of nitrogens with one attached hydrogen (secondary N) is 1. The first kappa shape index (κ1) is 12.4. The fraction of sp³-hybridized carbons (Fsp3) is 0.364. The van der Waals surface area contributed by atoms with Gasteiger partial charge in [0.1, 0.15) is 11.3 Å². The number of aliphatic hydroxyl groups is 1. The number of carbonyl (C=O) groups is 1. The molecule has 0 bridgehead atoms. The first-order valence-corrected chi connectivity index (χ1v) is 6.51. The van der Waals surface area contributed by atoms with Crippen LogP contribution in [0.3, 0.4) is 0 Å². The predicted octanol–water partition coefficient (Wildman–Crippen LogP) is 0.894. The molecule has 8 heteroatoms. The summed E-state index contributed by atoms with van der Waals surface area (Å²) in [7, 11) is 0. The first-order valence-electron chi connectivity index (χ1n) is 5.72. The Morgan fingerprint density at radius 2 is 2.42 bits per heavy atom. The molecule has 1 aliphatic rings. The number of likely N-dealkylation sites (tertiary alicyclic amines) is 1. The zero-order valence-corrected chi connectivity index (χ0v) is 11.4. The summed E-state index contributed by atoms with van der Waals surface area (Å²) in [5, 5.41) is 20.5. The highest BCUT2D eigenvalue weighted by Gasteiger charge is 2.42. The summed E-state index contributed by atoms with van der Waals surface area (Å²) in [4.78, 5) is 13.7. The van der Waals surface area contributed by atoms with Crippen LogP contribution in [0.4, 0.5) is 0 Å². The summed E-state index contributed by atoms with van der Waals surface area (Å²) in [5.41, 5.74) is -0.699. The van der Waals surface area contributed by atoms with Crippen LogP contribution in [0.25, 0.3) is 0 Å². The third-order valence-electron chi connectivity index (χ3n) is 3.21. The number of halogens is 1. The van der Waals surface area contributed by atoms with Crippen molar-refractivity contribution in [2.24, 2.45) is 0 Å². The molecule has 2 aromatic rings. The molecule has 1 aliphatic heterocycles. The summed E-state index contributed by atoms with van der Waals surface area (Å²) in [5.74, 6) is 0.00129. The van der Waals surface area contributed by atoms with Gasteiger partial charge in [0.25, 0.3) is 5.91 Å². The number of H-pyrrole nitrogens is 1. The smallest absolute Gasteiger partial charge is 0.289 e. The van der Waals surface area contributed by atoms with Crippen LogP contribution in [0.5, 0.6) is 0 Å². The quantitative estimate of drug-likeness (QED) is 0.854. The van der Waals surface area contributed by atoms with E-state index in [1.165, 1.54) is 6.20 Å². The van der Waals surface area contributed by atoms with Crippen molar-refractivity contribution < 1.29 is 14.3 Å². The van der Waals surface area contributed by atoms with E-state index in [-0.39, 0.29) is 18.2 Å². The van der Waals surface area contributed by atoms with Crippen LogP contribution in [-0.2, 0) is 5.60 Å². The van der Waals surface area contributed by atoms with Gasteiger partial charge in [-0.05, 0) is 28.1 Å². The minimum atomic E-state index is -1.15. The van der Waals surface area contributed by atoms with E-state index in [0.29, 0.717) is 23.3 Å². The van der Waals surface area contributed by atoms with Crippen molar-refractivity contribution in [1.29, 1.82) is 0 Å². The van der Waals surface area contributed by atoms with Gasteiger partial charge in [-0.2, -0.15) is 15.4 Å². The summed E-state index contributed by atoms with van der Waals surface area (Å²) >= 11 is 3.15. The normalized spacial score (nSPS) is 22.9. The van der Waals surface area contributed by atoms with Gasteiger partial charge in [0.2, 0.25) is 0 Å². The fourth-order valence-corrected chi connectivity index (χ4v) is 2.49. The van der Waals surface area contributed by atoms with E-state index < -0.39 is 5.60 Å². The Morgan fingerprint density at radius 3 is 3.05 bits per heavy atom. The molecule has 3 heterocycles. The minimum Gasteiger partial charge on any atom is -0.444 e. The number of nitrogens with zero attached hydrogens (tertiary/aromatic N) is 3. The van der Waals surface area contributed by atoms with E-state index in [2.05, 4.69) is 31.3 Å². The van der Waals surface area contributed by atoms with Gasteiger partial charge in [-0.25, -0.2) is 0 Å². The lowest BCUT2D eigenvalue weighted by Crippen LogP contribution is -2.34. The van der Waals surface area contributed by atoms with E-state index in [9.17, 15) is 9.90 Å². The maximum Gasteiger partial charge on any atom is 0.289 e. The Bertz CT molecular complexity index is 597. The molecule has 0 aromatic carbocycles. The van der Waals surface area contributed by atoms with Gasteiger partial charge in [-0.15, -0.1) is 0 Å². The van der Waals surface area contributed by atoms with E-state index in [1.807, 2.05) is 0 Å². The van der Waals surface area contributed by atoms with Gasteiger partial charge < -0.3 is 14.4 Å². The zero-order chi connectivity index (χ0) is 13.5. The van der Waals surface area contributed by atoms with Crippen LogP contribution in [0.2, 0.25) is 0 Å². The van der Waals surface area contributed by atoms with E-state index in [1.54, 1.807) is 17.0 Å². The largest absolute Gasteiger partial charge is 0.444 e. The lowest BCUT2D eigenvalue weighted by molar-refractivity contribution is 0.0373. The monoisotopic (exact) mass is 326 g/mol. The second kappa shape index (κ2) is 4.46. The number of aromatic nitrogens is 3. The lowest BCUT2D eigenvalue weighted by atomic mass is 10.0. The predicted molar refractivity (Wildman–Crippen MR) is 67.2 cm³/mol. The second-order valence-corrected chi connectivity index (χ2v) is 5.25.